The van der Waals surface area contributed by atoms with Crippen molar-refractivity contribution in [2.75, 3.05) is 24.5 Å². The van der Waals surface area contributed by atoms with E-state index >= 15 is 0 Å². The minimum Gasteiger partial charge on any atom is -0.353 e. The fourth-order valence-corrected chi connectivity index (χ4v) is 4.69. The van der Waals surface area contributed by atoms with Gasteiger partial charge in [-0.2, -0.15) is 5.26 Å². The molecule has 0 aliphatic carbocycles. The van der Waals surface area contributed by atoms with Crippen LogP contribution in [0.15, 0.2) is 42.7 Å². The second kappa shape index (κ2) is 7.67. The molecule has 0 bridgehead atoms. The van der Waals surface area contributed by atoms with Gasteiger partial charge in [-0.3, -0.25) is 4.90 Å². The molecule has 2 saturated heterocycles. The van der Waals surface area contributed by atoms with Crippen molar-refractivity contribution in [2.24, 2.45) is 0 Å². The maximum absolute atomic E-state index is 13.4. The summed E-state index contributed by atoms with van der Waals surface area (Å²) in [7, 11) is 0. The topological polar surface area (TPSA) is 73.9 Å². The molecular weight excluding hydrogens is 405 g/mol. The molecule has 0 N–H and O–H groups in total. The smallest absolute Gasteiger partial charge is 0.146 e. The number of fused-ring (bicyclic) bond motifs is 1. The Morgan fingerprint density at radius 1 is 1.20 bits per heavy atom. The summed E-state index contributed by atoms with van der Waals surface area (Å²) in [6.45, 7) is 2.30. The molecule has 0 spiro atoms. The number of hydrogen-bond acceptors (Lipinski definition) is 6. The number of pyridine rings is 1. The minimum absolute atomic E-state index is 0.210. The number of piperazine rings is 1. The molecule has 2 aliphatic heterocycles. The summed E-state index contributed by atoms with van der Waals surface area (Å²) >= 11 is 6.09. The summed E-state index contributed by atoms with van der Waals surface area (Å²) in [5.74, 6) is 0.0755. The lowest BCUT2D eigenvalue weighted by Gasteiger charge is -2.40. The van der Waals surface area contributed by atoms with Gasteiger partial charge in [0.15, 0.2) is 0 Å². The van der Waals surface area contributed by atoms with Crippen LogP contribution in [0.3, 0.4) is 0 Å². The van der Waals surface area contributed by atoms with Gasteiger partial charge in [0.2, 0.25) is 0 Å². The highest BCUT2D eigenvalue weighted by Crippen LogP contribution is 2.38. The van der Waals surface area contributed by atoms with Crippen molar-refractivity contribution in [3.63, 3.8) is 0 Å². The highest BCUT2D eigenvalue weighted by molar-refractivity contribution is 6.30. The number of anilines is 1. The monoisotopic (exact) mass is 423 g/mol. The zero-order valence-corrected chi connectivity index (χ0v) is 16.9. The highest BCUT2D eigenvalue weighted by Gasteiger charge is 2.40. The van der Waals surface area contributed by atoms with Crippen LogP contribution in [0, 0.1) is 17.1 Å². The van der Waals surface area contributed by atoms with E-state index in [0.29, 0.717) is 16.9 Å². The quantitative estimate of drug-likeness (QED) is 0.643. The van der Waals surface area contributed by atoms with Crippen LogP contribution in [-0.4, -0.2) is 50.6 Å². The predicted molar refractivity (Wildman–Crippen MR) is 110 cm³/mol. The van der Waals surface area contributed by atoms with E-state index in [0.717, 1.165) is 43.9 Å². The first-order chi connectivity index (χ1) is 14.6. The average molecular weight is 424 g/mol. The van der Waals surface area contributed by atoms with Crippen molar-refractivity contribution in [1.29, 1.82) is 5.26 Å². The molecule has 2 aromatic heterocycles. The Bertz CT molecular complexity index is 1120. The molecule has 30 heavy (non-hydrogen) atoms. The summed E-state index contributed by atoms with van der Waals surface area (Å²) < 4.78 is 15.2. The van der Waals surface area contributed by atoms with E-state index in [4.69, 9.17) is 11.6 Å². The molecule has 7 nitrogen and oxygen atoms in total. The van der Waals surface area contributed by atoms with E-state index in [1.165, 1.54) is 12.3 Å². The molecule has 2 fully saturated rings. The maximum atomic E-state index is 13.4. The van der Waals surface area contributed by atoms with E-state index in [9.17, 15) is 9.65 Å². The Kier molecular flexibility index (Phi) is 4.85. The molecule has 1 aromatic carbocycles. The molecule has 152 valence electrons. The van der Waals surface area contributed by atoms with Crippen LogP contribution in [0.5, 0.6) is 0 Å². The molecule has 4 heterocycles. The Labute approximate surface area is 178 Å². The molecule has 2 aliphatic rings. The van der Waals surface area contributed by atoms with Gasteiger partial charge in [-0.05, 0) is 37.1 Å². The fraction of sp³-hybridized carbons (Fsp3) is 0.333. The predicted octanol–water partition coefficient (Wildman–Crippen LogP) is 3.35. The van der Waals surface area contributed by atoms with E-state index < -0.39 is 5.82 Å². The fourth-order valence-electron chi connectivity index (χ4n) is 4.50. The molecule has 0 radical (unpaired) electrons. The first-order valence-corrected chi connectivity index (χ1v) is 10.2. The number of aromatic nitrogens is 4. The Hall–Kier alpha value is -3.02. The molecule has 9 heteroatoms. The summed E-state index contributed by atoms with van der Waals surface area (Å²) in [5.41, 5.74) is 2.11. The van der Waals surface area contributed by atoms with Crippen molar-refractivity contribution in [2.45, 2.75) is 24.9 Å². The van der Waals surface area contributed by atoms with Gasteiger partial charge in [-0.25, -0.2) is 14.1 Å². The van der Waals surface area contributed by atoms with Crippen LogP contribution in [0.2, 0.25) is 5.02 Å². The number of nitriles is 1. The number of hydrogen-bond donors (Lipinski definition) is 0. The lowest BCUT2D eigenvalue weighted by molar-refractivity contribution is 0.173. The summed E-state index contributed by atoms with van der Waals surface area (Å²) in [4.78, 5) is 8.73. The number of halogens is 2. The van der Waals surface area contributed by atoms with Crippen molar-refractivity contribution in [1.82, 2.24) is 24.9 Å². The van der Waals surface area contributed by atoms with Gasteiger partial charge in [0, 0.05) is 30.7 Å². The molecule has 0 amide bonds. The lowest BCUT2D eigenvalue weighted by Crippen LogP contribution is -2.51. The maximum Gasteiger partial charge on any atom is 0.146 e. The zero-order chi connectivity index (χ0) is 20.7. The van der Waals surface area contributed by atoms with E-state index in [1.54, 1.807) is 4.68 Å². The average Bonchev–Trinajstić information content (AvgIpc) is 3.40. The number of nitrogens with zero attached hydrogens (tertiary/aromatic N) is 7. The Morgan fingerprint density at radius 3 is 2.93 bits per heavy atom. The molecule has 3 aromatic rings. The largest absolute Gasteiger partial charge is 0.353 e. The van der Waals surface area contributed by atoms with Crippen LogP contribution >= 0.6 is 11.6 Å². The molecule has 0 saturated carbocycles. The lowest BCUT2D eigenvalue weighted by atomic mass is 10.1. The normalized spacial score (nSPS) is 21.4. The molecular formula is C21H19ClFN7. The third-order valence-electron chi connectivity index (χ3n) is 5.88. The molecule has 5 rings (SSSR count). The van der Waals surface area contributed by atoms with Crippen LogP contribution in [0.4, 0.5) is 10.2 Å². The van der Waals surface area contributed by atoms with Gasteiger partial charge in [-0.15, -0.1) is 5.10 Å². The molecule has 0 unspecified atom stereocenters. The van der Waals surface area contributed by atoms with Crippen LogP contribution < -0.4 is 4.90 Å². The van der Waals surface area contributed by atoms with Crippen LogP contribution in [-0.2, 0) is 0 Å². The van der Waals surface area contributed by atoms with Crippen LogP contribution in [0.25, 0.3) is 5.69 Å². The van der Waals surface area contributed by atoms with E-state index in [2.05, 4.69) is 31.2 Å². The summed E-state index contributed by atoms with van der Waals surface area (Å²) in [5, 5.41) is 18.7. The summed E-state index contributed by atoms with van der Waals surface area (Å²) in [6, 6.07) is 11.4. The highest BCUT2D eigenvalue weighted by atomic mass is 35.5. The SMILES string of the molecule is N#Cc1cc(F)cnc1N1CCN2[C@@H](CC[C@@H]2c2cn(-c3cccc(Cl)c3)nn2)C1. The van der Waals surface area contributed by atoms with Crippen LogP contribution in [0.1, 0.15) is 30.1 Å². The van der Waals surface area contributed by atoms with E-state index in [1.807, 2.05) is 30.5 Å². The first kappa shape index (κ1) is 19.0. The van der Waals surface area contributed by atoms with Gasteiger partial charge in [0.05, 0.1) is 29.7 Å². The first-order valence-electron chi connectivity index (χ1n) is 9.87. The minimum atomic E-state index is -0.488. The van der Waals surface area contributed by atoms with Gasteiger partial charge >= 0.3 is 0 Å². The van der Waals surface area contributed by atoms with Gasteiger partial charge in [0.25, 0.3) is 0 Å². The van der Waals surface area contributed by atoms with Crippen molar-refractivity contribution in [3.8, 4) is 11.8 Å². The second-order valence-corrected chi connectivity index (χ2v) is 8.07. The third kappa shape index (κ3) is 3.40. The second-order valence-electron chi connectivity index (χ2n) is 7.64. The number of benzene rings is 1. The van der Waals surface area contributed by atoms with Crippen molar-refractivity contribution < 1.29 is 4.39 Å². The van der Waals surface area contributed by atoms with Gasteiger partial charge in [-0.1, -0.05) is 22.9 Å². The molecule has 2 atom stereocenters. The third-order valence-corrected chi connectivity index (χ3v) is 6.12. The van der Waals surface area contributed by atoms with Gasteiger partial charge in [0.1, 0.15) is 23.4 Å². The Balaban J connectivity index is 1.33. The standard InChI is InChI=1S/C21H19ClFN7/c22-15-2-1-3-17(9-15)30-13-19(26-27-30)20-5-4-18-12-28(6-7-29(18)20)21-14(10-24)8-16(23)11-25-21/h1-3,8-9,11,13,18,20H,4-7,12H2/t18-,20+/m0/s1. The number of rotatable bonds is 3. The summed E-state index contributed by atoms with van der Waals surface area (Å²) in [6.07, 6.45) is 5.16. The van der Waals surface area contributed by atoms with Crippen molar-refractivity contribution in [3.05, 3.63) is 64.8 Å². The zero-order valence-electron chi connectivity index (χ0n) is 16.1. The van der Waals surface area contributed by atoms with Crippen molar-refractivity contribution >= 4 is 17.4 Å². The van der Waals surface area contributed by atoms with E-state index in [-0.39, 0.29) is 11.6 Å². The Morgan fingerprint density at radius 2 is 2.10 bits per heavy atom. The van der Waals surface area contributed by atoms with Gasteiger partial charge < -0.3 is 4.90 Å².